The zero-order valence-electron chi connectivity index (χ0n) is 12.8. The number of imidazole rings is 1. The number of nitrogens with zero attached hydrogens (tertiary/aromatic N) is 1. The summed E-state index contributed by atoms with van der Waals surface area (Å²) >= 11 is 0. The maximum absolute atomic E-state index is 13.8. The van der Waals surface area contributed by atoms with Crippen molar-refractivity contribution < 1.29 is 8.78 Å². The fraction of sp³-hybridized carbons (Fsp3) is 0.235. The summed E-state index contributed by atoms with van der Waals surface area (Å²) in [6.45, 7) is 1.67. The molecule has 24 heavy (non-hydrogen) atoms. The van der Waals surface area contributed by atoms with Crippen LogP contribution >= 0.6 is 0 Å². The molecule has 0 saturated carbocycles. The van der Waals surface area contributed by atoms with E-state index in [4.69, 9.17) is 0 Å². The van der Waals surface area contributed by atoms with Crippen LogP contribution in [0, 0.1) is 11.6 Å². The van der Waals surface area contributed by atoms with Gasteiger partial charge in [0.25, 0.3) is 0 Å². The van der Waals surface area contributed by atoms with Gasteiger partial charge in [-0.05, 0) is 43.3 Å². The third-order valence-electron chi connectivity index (χ3n) is 4.33. The molecule has 3 N–H and O–H groups in total. The maximum Gasteiger partial charge on any atom is 0.326 e. The van der Waals surface area contributed by atoms with E-state index in [1.165, 1.54) is 12.1 Å². The summed E-state index contributed by atoms with van der Waals surface area (Å²) in [7, 11) is 0. The van der Waals surface area contributed by atoms with Crippen molar-refractivity contribution in [1.82, 2.24) is 14.9 Å². The minimum atomic E-state index is -0.668. The number of hydrogen-bond acceptors (Lipinski definition) is 3. The zero-order chi connectivity index (χ0) is 16.7. The SMILES string of the molecule is O=c1[nH]c2cc(Nc3ccc(F)cc3F)ccc2n1C1CCNC1. The second-order valence-electron chi connectivity index (χ2n) is 5.93. The first-order valence-electron chi connectivity index (χ1n) is 7.79. The van der Waals surface area contributed by atoms with Crippen molar-refractivity contribution in [2.45, 2.75) is 12.5 Å². The fourth-order valence-electron chi connectivity index (χ4n) is 3.18. The first kappa shape index (κ1) is 14.9. The summed E-state index contributed by atoms with van der Waals surface area (Å²) in [5.74, 6) is -1.29. The van der Waals surface area contributed by atoms with Crippen LogP contribution in [0.5, 0.6) is 0 Å². The van der Waals surface area contributed by atoms with Gasteiger partial charge in [0.05, 0.1) is 22.8 Å². The smallest absolute Gasteiger partial charge is 0.326 e. The highest BCUT2D eigenvalue weighted by Gasteiger charge is 2.20. The summed E-state index contributed by atoms with van der Waals surface area (Å²) in [5, 5.41) is 6.15. The van der Waals surface area contributed by atoms with Gasteiger partial charge in [0.2, 0.25) is 0 Å². The number of H-pyrrole nitrogens is 1. The van der Waals surface area contributed by atoms with Crippen LogP contribution in [0.1, 0.15) is 12.5 Å². The van der Waals surface area contributed by atoms with Crippen LogP contribution < -0.4 is 16.3 Å². The summed E-state index contributed by atoms with van der Waals surface area (Å²) in [6, 6.07) is 8.85. The van der Waals surface area contributed by atoms with E-state index in [0.29, 0.717) is 11.2 Å². The third kappa shape index (κ3) is 2.56. The third-order valence-corrected chi connectivity index (χ3v) is 4.33. The molecule has 1 saturated heterocycles. The summed E-state index contributed by atoms with van der Waals surface area (Å²) in [4.78, 5) is 15.1. The van der Waals surface area contributed by atoms with E-state index < -0.39 is 11.6 Å². The molecule has 1 unspecified atom stereocenters. The van der Waals surface area contributed by atoms with E-state index in [-0.39, 0.29) is 17.4 Å². The molecule has 5 nitrogen and oxygen atoms in total. The Kier molecular flexibility index (Phi) is 3.57. The normalized spacial score (nSPS) is 17.5. The Hall–Kier alpha value is -2.67. The van der Waals surface area contributed by atoms with Crippen LogP contribution in [0.25, 0.3) is 11.0 Å². The average Bonchev–Trinajstić information content (AvgIpc) is 3.16. The van der Waals surface area contributed by atoms with Gasteiger partial charge in [0.15, 0.2) is 0 Å². The zero-order valence-corrected chi connectivity index (χ0v) is 12.8. The molecular formula is C17H16F2N4O. The second-order valence-corrected chi connectivity index (χ2v) is 5.93. The van der Waals surface area contributed by atoms with Crippen molar-refractivity contribution in [2.24, 2.45) is 0 Å². The van der Waals surface area contributed by atoms with Crippen molar-refractivity contribution in [3.8, 4) is 0 Å². The minimum Gasteiger partial charge on any atom is -0.353 e. The molecular weight excluding hydrogens is 314 g/mol. The van der Waals surface area contributed by atoms with E-state index in [1.54, 1.807) is 16.7 Å². The Labute approximate surface area is 136 Å². The molecule has 1 atom stereocenters. The van der Waals surface area contributed by atoms with Gasteiger partial charge < -0.3 is 15.6 Å². The highest BCUT2D eigenvalue weighted by atomic mass is 19.1. The highest BCUT2D eigenvalue weighted by molar-refractivity contribution is 5.81. The summed E-state index contributed by atoms with van der Waals surface area (Å²) in [6.07, 6.45) is 0.910. The molecule has 2 heterocycles. The number of aromatic amines is 1. The molecule has 1 aliphatic heterocycles. The standard InChI is InChI=1S/C17H16F2N4O/c18-10-1-3-14(13(19)7-10)21-11-2-4-16-15(8-11)22-17(24)23(16)12-5-6-20-9-12/h1-4,7-8,12,20-21H,5-6,9H2,(H,22,24). The lowest BCUT2D eigenvalue weighted by Gasteiger charge is -2.11. The quantitative estimate of drug-likeness (QED) is 0.692. The van der Waals surface area contributed by atoms with Crippen molar-refractivity contribution >= 4 is 22.4 Å². The van der Waals surface area contributed by atoms with Gasteiger partial charge in [-0.25, -0.2) is 13.6 Å². The topological polar surface area (TPSA) is 61.9 Å². The molecule has 1 aromatic heterocycles. The molecule has 7 heteroatoms. The number of halogens is 2. The average molecular weight is 330 g/mol. The molecule has 1 aliphatic rings. The van der Waals surface area contributed by atoms with Gasteiger partial charge in [0, 0.05) is 18.3 Å². The van der Waals surface area contributed by atoms with Crippen molar-refractivity contribution in [2.75, 3.05) is 18.4 Å². The Bertz CT molecular complexity index is 957. The van der Waals surface area contributed by atoms with E-state index in [1.807, 2.05) is 6.07 Å². The second kappa shape index (κ2) is 5.76. The molecule has 1 fully saturated rings. The van der Waals surface area contributed by atoms with E-state index in [0.717, 1.165) is 31.1 Å². The summed E-state index contributed by atoms with van der Waals surface area (Å²) in [5.41, 5.74) is 2.14. The number of nitrogens with one attached hydrogen (secondary N) is 3. The first-order valence-corrected chi connectivity index (χ1v) is 7.79. The van der Waals surface area contributed by atoms with Gasteiger partial charge in [-0.15, -0.1) is 0 Å². The lowest BCUT2D eigenvalue weighted by atomic mass is 10.2. The number of fused-ring (bicyclic) bond motifs is 1. The molecule has 3 aromatic rings. The molecule has 0 aliphatic carbocycles. The maximum atomic E-state index is 13.8. The number of anilines is 2. The van der Waals surface area contributed by atoms with Gasteiger partial charge in [-0.3, -0.25) is 4.57 Å². The Morgan fingerprint density at radius 2 is 2.04 bits per heavy atom. The van der Waals surface area contributed by atoms with Gasteiger partial charge in [0.1, 0.15) is 11.6 Å². The van der Waals surface area contributed by atoms with Crippen LogP contribution in [0.15, 0.2) is 41.2 Å². The first-order chi connectivity index (χ1) is 11.6. The lowest BCUT2D eigenvalue weighted by Crippen LogP contribution is -2.23. The van der Waals surface area contributed by atoms with Crippen molar-refractivity contribution in [3.05, 3.63) is 58.5 Å². The Balaban J connectivity index is 1.70. The van der Waals surface area contributed by atoms with Crippen LogP contribution in [0.2, 0.25) is 0 Å². The number of benzene rings is 2. The van der Waals surface area contributed by atoms with Gasteiger partial charge >= 0.3 is 5.69 Å². The minimum absolute atomic E-state index is 0.139. The molecule has 0 bridgehead atoms. The van der Waals surface area contributed by atoms with E-state index >= 15 is 0 Å². The van der Waals surface area contributed by atoms with Crippen molar-refractivity contribution in [3.63, 3.8) is 0 Å². The predicted molar refractivity (Wildman–Crippen MR) is 88.7 cm³/mol. The van der Waals surface area contributed by atoms with E-state index in [2.05, 4.69) is 15.6 Å². The van der Waals surface area contributed by atoms with E-state index in [9.17, 15) is 13.6 Å². The van der Waals surface area contributed by atoms with Gasteiger partial charge in [-0.1, -0.05) is 0 Å². The van der Waals surface area contributed by atoms with Crippen molar-refractivity contribution in [1.29, 1.82) is 0 Å². The lowest BCUT2D eigenvalue weighted by molar-refractivity contribution is 0.546. The highest BCUT2D eigenvalue weighted by Crippen LogP contribution is 2.25. The predicted octanol–water partition coefficient (Wildman–Crippen LogP) is 2.89. The number of rotatable bonds is 3. The van der Waals surface area contributed by atoms with Crippen LogP contribution in [0.3, 0.4) is 0 Å². The van der Waals surface area contributed by atoms with Crippen LogP contribution in [-0.4, -0.2) is 22.6 Å². The molecule has 124 valence electrons. The largest absolute Gasteiger partial charge is 0.353 e. The summed E-state index contributed by atoms with van der Waals surface area (Å²) < 4.78 is 28.5. The van der Waals surface area contributed by atoms with Gasteiger partial charge in [-0.2, -0.15) is 0 Å². The molecule has 4 rings (SSSR count). The molecule has 0 spiro atoms. The molecule has 0 radical (unpaired) electrons. The van der Waals surface area contributed by atoms with Crippen LogP contribution in [-0.2, 0) is 0 Å². The Morgan fingerprint density at radius 3 is 2.79 bits per heavy atom. The number of aromatic nitrogens is 2. The molecule has 2 aromatic carbocycles. The molecule has 0 amide bonds. The fourth-order valence-corrected chi connectivity index (χ4v) is 3.18. The van der Waals surface area contributed by atoms with Crippen LogP contribution in [0.4, 0.5) is 20.2 Å². The Morgan fingerprint density at radius 1 is 1.17 bits per heavy atom. The number of hydrogen-bond donors (Lipinski definition) is 3. The monoisotopic (exact) mass is 330 g/mol.